The summed E-state index contributed by atoms with van der Waals surface area (Å²) in [5.41, 5.74) is 0. The van der Waals surface area contributed by atoms with E-state index >= 15 is 0 Å². The Morgan fingerprint density at radius 1 is 1.55 bits per heavy atom. The molecule has 1 aliphatic heterocycles. The Hall–Kier alpha value is -1.14. The second kappa shape index (κ2) is 8.92. The van der Waals surface area contributed by atoms with E-state index in [1.807, 2.05) is 0 Å². The third-order valence-corrected chi connectivity index (χ3v) is 3.26. The average Bonchev–Trinajstić information content (AvgIpc) is 2.42. The van der Waals surface area contributed by atoms with E-state index in [9.17, 15) is 9.59 Å². The van der Waals surface area contributed by atoms with Gasteiger partial charge in [-0.25, -0.2) is 0 Å². The van der Waals surface area contributed by atoms with Crippen LogP contribution in [0.25, 0.3) is 0 Å². The number of nitrogens with zero attached hydrogens (tertiary/aromatic N) is 1. The Labute approximate surface area is 120 Å². The fraction of sp³-hybridized carbons (Fsp3) is 0.857. The van der Waals surface area contributed by atoms with Crippen molar-refractivity contribution in [3.63, 3.8) is 0 Å². The zero-order valence-corrected chi connectivity index (χ0v) is 12.7. The number of carbonyl (C=O) groups excluding carboxylic acids is 2. The minimum absolute atomic E-state index is 0.0237. The average molecular weight is 286 g/mol. The van der Waals surface area contributed by atoms with Gasteiger partial charge in [-0.2, -0.15) is 0 Å². The largest absolute Gasteiger partial charge is 0.383 e. The lowest BCUT2D eigenvalue weighted by Gasteiger charge is -2.32. The summed E-state index contributed by atoms with van der Waals surface area (Å²) in [6, 6.07) is 0. The van der Waals surface area contributed by atoms with Gasteiger partial charge < -0.3 is 19.7 Å². The number of nitrogens with one attached hydrogen (secondary N) is 1. The summed E-state index contributed by atoms with van der Waals surface area (Å²) >= 11 is 0. The number of morpholine rings is 1. The summed E-state index contributed by atoms with van der Waals surface area (Å²) in [6.45, 7) is 6.31. The lowest BCUT2D eigenvalue weighted by atomic mass is 10.1. The summed E-state index contributed by atoms with van der Waals surface area (Å²) in [6.07, 6.45) is 1.29. The maximum Gasteiger partial charge on any atom is 0.248 e. The van der Waals surface area contributed by atoms with Gasteiger partial charge in [0.1, 0.15) is 6.61 Å². The normalized spacial score (nSPS) is 19.5. The smallest absolute Gasteiger partial charge is 0.248 e. The van der Waals surface area contributed by atoms with Gasteiger partial charge in [-0.05, 0) is 12.3 Å². The van der Waals surface area contributed by atoms with Gasteiger partial charge in [0.05, 0.1) is 12.7 Å². The van der Waals surface area contributed by atoms with Crippen LogP contribution in [0.15, 0.2) is 0 Å². The standard InChI is InChI=1S/C14H26N2O4/c1-11(2)4-5-13(17)15-8-12-9-16(6-7-19-3)14(18)10-20-12/h11-12H,4-10H2,1-3H3,(H,15,17). The number of hydrogen-bond acceptors (Lipinski definition) is 4. The second-order valence-electron chi connectivity index (χ2n) is 5.50. The molecule has 1 saturated heterocycles. The molecule has 1 aliphatic rings. The summed E-state index contributed by atoms with van der Waals surface area (Å²) in [5.74, 6) is 0.543. The van der Waals surface area contributed by atoms with E-state index in [4.69, 9.17) is 9.47 Å². The molecule has 1 unspecified atom stereocenters. The van der Waals surface area contributed by atoms with Crippen molar-refractivity contribution in [2.75, 3.05) is 40.0 Å². The van der Waals surface area contributed by atoms with Crippen LogP contribution in [-0.4, -0.2) is 62.8 Å². The molecule has 1 rings (SSSR count). The lowest BCUT2D eigenvalue weighted by Crippen LogP contribution is -2.51. The maximum absolute atomic E-state index is 11.6. The third-order valence-electron chi connectivity index (χ3n) is 3.26. The number of hydrogen-bond donors (Lipinski definition) is 1. The summed E-state index contributed by atoms with van der Waals surface area (Å²) in [7, 11) is 1.61. The van der Waals surface area contributed by atoms with Crippen LogP contribution in [0.1, 0.15) is 26.7 Å². The maximum atomic E-state index is 11.6. The number of methoxy groups -OCH3 is 1. The van der Waals surface area contributed by atoms with Crippen LogP contribution in [0.5, 0.6) is 0 Å². The summed E-state index contributed by atoms with van der Waals surface area (Å²) < 4.78 is 10.4. The highest BCUT2D eigenvalue weighted by Crippen LogP contribution is 2.06. The number of amides is 2. The Morgan fingerprint density at radius 3 is 2.95 bits per heavy atom. The van der Waals surface area contributed by atoms with Crippen LogP contribution in [0.2, 0.25) is 0 Å². The molecular formula is C14H26N2O4. The molecule has 0 aliphatic carbocycles. The van der Waals surface area contributed by atoms with Gasteiger partial charge in [0.2, 0.25) is 11.8 Å². The van der Waals surface area contributed by atoms with Crippen molar-refractivity contribution in [3.05, 3.63) is 0 Å². The van der Waals surface area contributed by atoms with Crippen molar-refractivity contribution in [2.45, 2.75) is 32.8 Å². The van der Waals surface area contributed by atoms with E-state index in [1.54, 1.807) is 12.0 Å². The number of carbonyl (C=O) groups is 2. The molecular weight excluding hydrogens is 260 g/mol. The van der Waals surface area contributed by atoms with E-state index in [0.29, 0.717) is 38.6 Å². The molecule has 0 aromatic heterocycles. The molecule has 1 fully saturated rings. The quantitative estimate of drug-likeness (QED) is 0.702. The zero-order chi connectivity index (χ0) is 15.0. The molecule has 1 atom stereocenters. The van der Waals surface area contributed by atoms with Gasteiger partial charge >= 0.3 is 0 Å². The van der Waals surface area contributed by atoms with Gasteiger partial charge in [-0.1, -0.05) is 13.8 Å². The van der Waals surface area contributed by atoms with Gasteiger partial charge in [0.25, 0.3) is 0 Å². The lowest BCUT2D eigenvalue weighted by molar-refractivity contribution is -0.149. The first-order valence-electron chi connectivity index (χ1n) is 7.18. The van der Waals surface area contributed by atoms with Crippen molar-refractivity contribution < 1.29 is 19.1 Å². The topological polar surface area (TPSA) is 67.9 Å². The molecule has 2 amide bonds. The monoisotopic (exact) mass is 286 g/mol. The van der Waals surface area contributed by atoms with Crippen molar-refractivity contribution in [2.24, 2.45) is 5.92 Å². The molecule has 0 radical (unpaired) electrons. The van der Waals surface area contributed by atoms with E-state index in [2.05, 4.69) is 19.2 Å². The molecule has 1 heterocycles. The van der Waals surface area contributed by atoms with Crippen molar-refractivity contribution in [1.82, 2.24) is 10.2 Å². The fourth-order valence-electron chi connectivity index (χ4n) is 1.96. The SMILES string of the molecule is COCCN1CC(CNC(=O)CCC(C)C)OCC1=O. The Morgan fingerprint density at radius 2 is 2.30 bits per heavy atom. The van der Waals surface area contributed by atoms with E-state index in [0.717, 1.165) is 6.42 Å². The van der Waals surface area contributed by atoms with Gasteiger partial charge in [-0.15, -0.1) is 0 Å². The molecule has 116 valence electrons. The van der Waals surface area contributed by atoms with Gasteiger partial charge in [-0.3, -0.25) is 9.59 Å². The molecule has 0 bridgehead atoms. The number of ether oxygens (including phenoxy) is 2. The summed E-state index contributed by atoms with van der Waals surface area (Å²) in [4.78, 5) is 25.0. The number of rotatable bonds is 8. The molecule has 20 heavy (non-hydrogen) atoms. The molecule has 1 N–H and O–H groups in total. The minimum atomic E-state index is -0.132. The van der Waals surface area contributed by atoms with Crippen LogP contribution in [0.4, 0.5) is 0 Å². The molecule has 6 nitrogen and oxygen atoms in total. The first-order chi connectivity index (χ1) is 9.52. The predicted molar refractivity (Wildman–Crippen MR) is 75.3 cm³/mol. The third kappa shape index (κ3) is 6.34. The van der Waals surface area contributed by atoms with Crippen LogP contribution >= 0.6 is 0 Å². The predicted octanol–water partition coefficient (Wildman–Crippen LogP) is 0.413. The first-order valence-corrected chi connectivity index (χ1v) is 7.18. The Kier molecular flexibility index (Phi) is 7.54. The van der Waals surface area contributed by atoms with Gasteiger partial charge in [0, 0.05) is 33.2 Å². The fourth-order valence-corrected chi connectivity index (χ4v) is 1.96. The highest BCUT2D eigenvalue weighted by Gasteiger charge is 2.26. The van der Waals surface area contributed by atoms with Crippen LogP contribution < -0.4 is 5.32 Å². The van der Waals surface area contributed by atoms with Gasteiger partial charge in [0.15, 0.2) is 0 Å². The van der Waals surface area contributed by atoms with Crippen molar-refractivity contribution >= 4 is 11.8 Å². The molecule has 6 heteroatoms. The van der Waals surface area contributed by atoms with Crippen LogP contribution in [0.3, 0.4) is 0 Å². The highest BCUT2D eigenvalue weighted by molar-refractivity contribution is 5.78. The molecule has 0 spiro atoms. The molecule has 0 aromatic rings. The first kappa shape index (κ1) is 16.9. The Bertz CT molecular complexity index is 320. The van der Waals surface area contributed by atoms with Crippen molar-refractivity contribution in [1.29, 1.82) is 0 Å². The highest BCUT2D eigenvalue weighted by atomic mass is 16.5. The van der Waals surface area contributed by atoms with Crippen molar-refractivity contribution in [3.8, 4) is 0 Å². The van der Waals surface area contributed by atoms with E-state index < -0.39 is 0 Å². The minimum Gasteiger partial charge on any atom is -0.383 e. The molecule has 0 aromatic carbocycles. The zero-order valence-electron chi connectivity index (χ0n) is 12.7. The summed E-state index contributed by atoms with van der Waals surface area (Å²) in [5, 5.41) is 2.87. The Balaban J connectivity index is 2.26. The van der Waals surface area contributed by atoms with Crippen LogP contribution in [-0.2, 0) is 19.1 Å². The second-order valence-corrected chi connectivity index (χ2v) is 5.50. The van der Waals surface area contributed by atoms with Crippen LogP contribution in [0, 0.1) is 5.92 Å². The molecule has 0 saturated carbocycles. The van der Waals surface area contributed by atoms with E-state index in [1.165, 1.54) is 0 Å². The van der Waals surface area contributed by atoms with E-state index in [-0.39, 0.29) is 24.5 Å².